The quantitative estimate of drug-likeness (QED) is 0.866. The van der Waals surface area contributed by atoms with E-state index in [-0.39, 0.29) is 6.03 Å². The molecule has 0 aliphatic rings. The fraction of sp³-hybridized carbons (Fsp3) is 0.286. The molecule has 2 rings (SSSR count). The minimum Gasteiger partial charge on any atom is -0.496 e. The number of ether oxygens (including phenoxy) is 1. The molecular formula is C14H16ClN3O2S. The smallest absolute Gasteiger partial charge is 0.344 e. The van der Waals surface area contributed by atoms with E-state index in [0.717, 1.165) is 16.2 Å². The van der Waals surface area contributed by atoms with Gasteiger partial charge in [0.1, 0.15) is 10.8 Å². The van der Waals surface area contributed by atoms with Crippen LogP contribution in [-0.4, -0.2) is 41.9 Å². The summed E-state index contributed by atoms with van der Waals surface area (Å²) in [6.45, 7) is 1.99. The molecule has 0 fully saturated rings. The lowest BCUT2D eigenvalue weighted by Gasteiger charge is -2.10. The third kappa shape index (κ3) is 3.33. The van der Waals surface area contributed by atoms with Crippen molar-refractivity contribution in [2.75, 3.05) is 21.2 Å². The van der Waals surface area contributed by atoms with Crippen molar-refractivity contribution >= 4 is 29.4 Å². The number of aromatic nitrogens is 2. The number of benzene rings is 1. The highest BCUT2D eigenvalue weighted by Gasteiger charge is 2.17. The van der Waals surface area contributed by atoms with E-state index in [1.807, 2.05) is 25.1 Å². The van der Waals surface area contributed by atoms with Crippen LogP contribution in [0.25, 0.3) is 0 Å². The topological polar surface area (TPSA) is 47.4 Å². The molecule has 0 atom stereocenters. The first-order valence-corrected chi connectivity index (χ1v) is 7.41. The lowest BCUT2D eigenvalue weighted by Crippen LogP contribution is -2.27. The number of aryl methyl sites for hydroxylation is 1. The van der Waals surface area contributed by atoms with E-state index < -0.39 is 0 Å². The number of methoxy groups -OCH3 is 1. The summed E-state index contributed by atoms with van der Waals surface area (Å²) in [6.07, 6.45) is 1.51. The second-order valence-electron chi connectivity index (χ2n) is 4.61. The molecule has 7 heteroatoms. The van der Waals surface area contributed by atoms with Gasteiger partial charge in [-0.1, -0.05) is 35.5 Å². The van der Waals surface area contributed by atoms with Gasteiger partial charge in [0.15, 0.2) is 0 Å². The summed E-state index contributed by atoms with van der Waals surface area (Å²) in [7, 11) is 4.94. The summed E-state index contributed by atoms with van der Waals surface area (Å²) in [5.74, 6) is 0.754. The maximum Gasteiger partial charge on any atom is 0.344 e. The normalized spacial score (nSPS) is 10.5. The SMILES string of the molecule is COc1cccc(C)c1Sc1nn(C(=O)N(C)C)cc1Cl. The number of hydrogen-bond donors (Lipinski definition) is 0. The van der Waals surface area contributed by atoms with Crippen molar-refractivity contribution in [2.45, 2.75) is 16.8 Å². The Morgan fingerprint density at radius 1 is 1.43 bits per heavy atom. The maximum absolute atomic E-state index is 11.9. The van der Waals surface area contributed by atoms with Gasteiger partial charge in [0.25, 0.3) is 0 Å². The summed E-state index contributed by atoms with van der Waals surface area (Å²) in [4.78, 5) is 14.3. The van der Waals surface area contributed by atoms with Crippen molar-refractivity contribution in [3.8, 4) is 5.75 Å². The van der Waals surface area contributed by atoms with Crippen LogP contribution >= 0.6 is 23.4 Å². The average Bonchev–Trinajstić information content (AvgIpc) is 2.81. The molecule has 0 aliphatic carbocycles. The van der Waals surface area contributed by atoms with Crippen LogP contribution in [0.1, 0.15) is 5.56 Å². The summed E-state index contributed by atoms with van der Waals surface area (Å²) < 4.78 is 6.59. The second kappa shape index (κ2) is 6.41. The Morgan fingerprint density at radius 2 is 2.14 bits per heavy atom. The van der Waals surface area contributed by atoms with Crippen LogP contribution in [0.3, 0.4) is 0 Å². The molecule has 0 saturated carbocycles. The largest absolute Gasteiger partial charge is 0.496 e. The van der Waals surface area contributed by atoms with Crippen LogP contribution in [0.2, 0.25) is 5.02 Å². The fourth-order valence-corrected chi connectivity index (χ4v) is 2.92. The van der Waals surface area contributed by atoms with E-state index in [1.165, 1.54) is 27.5 Å². The van der Waals surface area contributed by atoms with Gasteiger partial charge in [-0.25, -0.2) is 4.79 Å². The number of carbonyl (C=O) groups excluding carboxylic acids is 1. The van der Waals surface area contributed by atoms with Gasteiger partial charge in [-0.3, -0.25) is 0 Å². The molecule has 1 aromatic carbocycles. The van der Waals surface area contributed by atoms with E-state index in [4.69, 9.17) is 16.3 Å². The fourth-order valence-electron chi connectivity index (χ4n) is 1.72. The zero-order chi connectivity index (χ0) is 15.6. The van der Waals surface area contributed by atoms with Crippen molar-refractivity contribution in [1.82, 2.24) is 14.7 Å². The van der Waals surface area contributed by atoms with Crippen molar-refractivity contribution in [3.63, 3.8) is 0 Å². The van der Waals surface area contributed by atoms with Gasteiger partial charge in [-0.15, -0.1) is 0 Å². The monoisotopic (exact) mass is 325 g/mol. The van der Waals surface area contributed by atoms with Crippen molar-refractivity contribution in [3.05, 3.63) is 35.0 Å². The Bertz CT molecular complexity index is 670. The van der Waals surface area contributed by atoms with Crippen molar-refractivity contribution in [1.29, 1.82) is 0 Å². The first-order chi connectivity index (χ1) is 9.93. The third-order valence-corrected chi connectivity index (χ3v) is 4.42. The van der Waals surface area contributed by atoms with Crippen LogP contribution in [0.5, 0.6) is 5.75 Å². The molecule has 0 N–H and O–H groups in total. The van der Waals surface area contributed by atoms with E-state index in [2.05, 4.69) is 5.10 Å². The minimum atomic E-state index is -0.250. The molecule has 0 radical (unpaired) electrons. The zero-order valence-electron chi connectivity index (χ0n) is 12.3. The Kier molecular flexibility index (Phi) is 4.80. The molecule has 0 aliphatic heterocycles. The van der Waals surface area contributed by atoms with E-state index in [0.29, 0.717) is 10.0 Å². The first kappa shape index (κ1) is 15.7. The molecule has 0 spiro atoms. The predicted octanol–water partition coefficient (Wildman–Crippen LogP) is 3.53. The molecule has 2 aromatic rings. The van der Waals surface area contributed by atoms with Crippen LogP contribution in [0.15, 0.2) is 34.3 Å². The van der Waals surface area contributed by atoms with Crippen molar-refractivity contribution in [2.24, 2.45) is 0 Å². The summed E-state index contributed by atoms with van der Waals surface area (Å²) in [6, 6.07) is 5.54. The Labute approximate surface area is 132 Å². The van der Waals surface area contributed by atoms with E-state index in [1.54, 1.807) is 21.2 Å². The van der Waals surface area contributed by atoms with Crippen LogP contribution in [0.4, 0.5) is 4.79 Å². The zero-order valence-corrected chi connectivity index (χ0v) is 13.8. The average molecular weight is 326 g/mol. The Morgan fingerprint density at radius 3 is 2.76 bits per heavy atom. The number of rotatable bonds is 3. The van der Waals surface area contributed by atoms with Crippen LogP contribution in [-0.2, 0) is 0 Å². The minimum absolute atomic E-state index is 0.250. The number of halogens is 1. The summed E-state index contributed by atoms with van der Waals surface area (Å²) in [5, 5.41) is 5.24. The van der Waals surface area contributed by atoms with Crippen LogP contribution < -0.4 is 4.74 Å². The highest BCUT2D eigenvalue weighted by Crippen LogP contribution is 2.39. The maximum atomic E-state index is 11.9. The Balaban J connectivity index is 2.35. The van der Waals surface area contributed by atoms with Crippen molar-refractivity contribution < 1.29 is 9.53 Å². The lowest BCUT2D eigenvalue weighted by molar-refractivity contribution is 0.215. The number of nitrogens with zero attached hydrogens (tertiary/aromatic N) is 3. The molecule has 21 heavy (non-hydrogen) atoms. The Hall–Kier alpha value is -1.66. The third-order valence-electron chi connectivity index (χ3n) is 2.81. The molecule has 1 amide bonds. The number of hydrogen-bond acceptors (Lipinski definition) is 4. The van der Waals surface area contributed by atoms with Gasteiger partial charge in [0, 0.05) is 14.1 Å². The summed E-state index contributed by atoms with van der Waals surface area (Å²) in [5.41, 5.74) is 1.06. The molecule has 0 saturated heterocycles. The van der Waals surface area contributed by atoms with E-state index >= 15 is 0 Å². The molecule has 0 unspecified atom stereocenters. The number of carbonyl (C=O) groups is 1. The highest BCUT2D eigenvalue weighted by molar-refractivity contribution is 7.99. The molecule has 112 valence electrons. The van der Waals surface area contributed by atoms with Gasteiger partial charge >= 0.3 is 6.03 Å². The van der Waals surface area contributed by atoms with Crippen LogP contribution in [0, 0.1) is 6.92 Å². The first-order valence-electron chi connectivity index (χ1n) is 6.22. The van der Waals surface area contributed by atoms with Gasteiger partial charge in [-0.05, 0) is 18.6 Å². The van der Waals surface area contributed by atoms with Gasteiger partial charge in [0.2, 0.25) is 0 Å². The highest BCUT2D eigenvalue weighted by atomic mass is 35.5. The van der Waals surface area contributed by atoms with E-state index in [9.17, 15) is 4.79 Å². The van der Waals surface area contributed by atoms with Gasteiger partial charge in [-0.2, -0.15) is 9.78 Å². The van der Waals surface area contributed by atoms with Gasteiger partial charge in [0.05, 0.1) is 23.2 Å². The summed E-state index contributed by atoms with van der Waals surface area (Å²) >= 11 is 7.56. The second-order valence-corrected chi connectivity index (χ2v) is 6.02. The molecule has 1 aromatic heterocycles. The molecule has 1 heterocycles. The molecular weight excluding hydrogens is 310 g/mol. The van der Waals surface area contributed by atoms with Gasteiger partial charge < -0.3 is 9.64 Å². The number of amides is 1. The lowest BCUT2D eigenvalue weighted by atomic mass is 10.2. The molecule has 5 nitrogen and oxygen atoms in total. The molecule has 0 bridgehead atoms. The predicted molar refractivity (Wildman–Crippen MR) is 83.6 cm³/mol. The standard InChI is InChI=1S/C14H16ClN3O2S/c1-9-6-5-7-11(20-4)12(9)21-13-10(15)8-18(16-13)14(19)17(2)3/h5-8H,1-4H3.